The van der Waals surface area contributed by atoms with E-state index in [1.165, 1.54) is 0 Å². The van der Waals surface area contributed by atoms with Crippen LogP contribution in [-0.2, 0) is 0 Å². The van der Waals surface area contributed by atoms with Crippen molar-refractivity contribution in [3.05, 3.63) is 5.21 Å². The third kappa shape index (κ3) is 0.918. The van der Waals surface area contributed by atoms with Gasteiger partial charge in [0.1, 0.15) is 0 Å². The van der Waals surface area contributed by atoms with Gasteiger partial charge in [-0.25, -0.2) is 4.74 Å². The fraction of sp³-hybridized carbons (Fsp3) is 0.800. The second-order valence-corrected chi connectivity index (χ2v) is 2.06. The fourth-order valence-corrected chi connectivity index (χ4v) is 0.764. The van der Waals surface area contributed by atoms with Gasteiger partial charge in [-0.1, -0.05) is 6.92 Å². The molecule has 0 aliphatic carbocycles. The summed E-state index contributed by atoms with van der Waals surface area (Å²) in [5, 5.41) is 10.3. The van der Waals surface area contributed by atoms with Gasteiger partial charge in [0.05, 0.1) is 0 Å². The Hall–Kier alpha value is -0.530. The van der Waals surface area contributed by atoms with Crippen molar-refractivity contribution in [2.75, 3.05) is 6.54 Å². The van der Waals surface area contributed by atoms with E-state index in [-0.39, 0.29) is 0 Å². The Balaban J connectivity index is 2.50. The lowest BCUT2D eigenvalue weighted by atomic mass is 10.2. The molecule has 0 aromatic carbocycles. The Labute approximate surface area is 43.0 Å². The average Bonchev–Trinajstić information content (AvgIpc) is 1.87. The first-order chi connectivity index (χ1) is 3.29. The van der Waals surface area contributed by atoms with Crippen LogP contribution in [0.15, 0.2) is 0 Å². The zero-order valence-electron chi connectivity index (χ0n) is 4.42. The largest absolute Gasteiger partial charge is 0.624 e. The quantitative estimate of drug-likeness (QED) is 0.322. The van der Waals surface area contributed by atoms with Crippen molar-refractivity contribution >= 4 is 6.21 Å². The molecule has 0 bridgehead atoms. The van der Waals surface area contributed by atoms with Gasteiger partial charge in [-0.05, 0) is 0 Å². The van der Waals surface area contributed by atoms with Gasteiger partial charge in [0.2, 0.25) is 0 Å². The number of hydrogen-bond donors (Lipinski definition) is 0. The molecule has 0 saturated heterocycles. The van der Waals surface area contributed by atoms with Crippen LogP contribution >= 0.6 is 0 Å². The van der Waals surface area contributed by atoms with Crippen LogP contribution in [0.4, 0.5) is 0 Å². The maximum Gasteiger partial charge on any atom is 0.154 e. The van der Waals surface area contributed by atoms with E-state index in [0.29, 0.717) is 12.5 Å². The van der Waals surface area contributed by atoms with Crippen LogP contribution in [0.5, 0.6) is 0 Å². The fourth-order valence-electron chi connectivity index (χ4n) is 0.764. The van der Waals surface area contributed by atoms with Gasteiger partial charge in [-0.2, -0.15) is 0 Å². The van der Waals surface area contributed by atoms with E-state index in [9.17, 15) is 5.21 Å². The van der Waals surface area contributed by atoms with E-state index in [1.807, 2.05) is 0 Å². The maximum atomic E-state index is 10.3. The molecule has 1 aliphatic rings. The Morgan fingerprint density at radius 3 is 2.71 bits per heavy atom. The lowest BCUT2D eigenvalue weighted by molar-refractivity contribution is -0.443. The van der Waals surface area contributed by atoms with E-state index in [2.05, 4.69) is 6.92 Å². The summed E-state index contributed by atoms with van der Waals surface area (Å²) in [5.41, 5.74) is 0. The Morgan fingerprint density at radius 2 is 2.57 bits per heavy atom. The highest BCUT2D eigenvalue weighted by Crippen LogP contribution is 2.03. The molecule has 0 radical (unpaired) electrons. The first kappa shape index (κ1) is 4.62. The summed E-state index contributed by atoms with van der Waals surface area (Å²) in [4.78, 5) is 0. The number of nitrogens with zero attached hydrogens (tertiary/aromatic N) is 1. The zero-order valence-corrected chi connectivity index (χ0v) is 4.42. The molecular formula is C5H9NO. The molecule has 1 rings (SSSR count). The van der Waals surface area contributed by atoms with Crippen LogP contribution in [0.1, 0.15) is 13.3 Å². The van der Waals surface area contributed by atoms with E-state index in [1.54, 1.807) is 6.21 Å². The molecule has 0 unspecified atom stereocenters. The van der Waals surface area contributed by atoms with E-state index >= 15 is 0 Å². The average molecular weight is 99.1 g/mol. The van der Waals surface area contributed by atoms with Crippen LogP contribution in [0, 0.1) is 11.1 Å². The normalized spacial score (nSPS) is 30.4. The van der Waals surface area contributed by atoms with Gasteiger partial charge < -0.3 is 5.21 Å². The van der Waals surface area contributed by atoms with Crippen LogP contribution in [0.25, 0.3) is 0 Å². The minimum absolute atomic E-state index is 0.512. The summed E-state index contributed by atoms with van der Waals surface area (Å²) in [7, 11) is 0. The maximum absolute atomic E-state index is 10.3. The topological polar surface area (TPSA) is 26.1 Å². The van der Waals surface area contributed by atoms with E-state index in [0.717, 1.165) is 11.2 Å². The smallest absolute Gasteiger partial charge is 0.154 e. The monoisotopic (exact) mass is 99.1 g/mol. The lowest BCUT2D eigenvalue weighted by Crippen LogP contribution is -1.94. The molecule has 0 fully saturated rings. The molecule has 0 amide bonds. The first-order valence-electron chi connectivity index (χ1n) is 2.58. The molecule has 0 N–H and O–H groups in total. The van der Waals surface area contributed by atoms with Crippen molar-refractivity contribution in [1.29, 1.82) is 0 Å². The highest BCUT2D eigenvalue weighted by atomic mass is 16.5. The van der Waals surface area contributed by atoms with Crippen LogP contribution in [0.2, 0.25) is 0 Å². The second kappa shape index (κ2) is 1.52. The first-order valence-corrected chi connectivity index (χ1v) is 2.58. The summed E-state index contributed by atoms with van der Waals surface area (Å²) in [6.45, 7) is 2.75. The molecule has 0 aromatic heterocycles. The Bertz CT molecular complexity index is 98.3. The molecule has 2 nitrogen and oxygen atoms in total. The second-order valence-electron chi connectivity index (χ2n) is 2.06. The highest BCUT2D eigenvalue weighted by molar-refractivity contribution is 5.55. The zero-order chi connectivity index (χ0) is 5.28. The van der Waals surface area contributed by atoms with Crippen LogP contribution in [0.3, 0.4) is 0 Å². The summed E-state index contributed by atoms with van der Waals surface area (Å²) >= 11 is 0. The summed E-state index contributed by atoms with van der Waals surface area (Å²) in [5.74, 6) is 0.512. The predicted molar refractivity (Wildman–Crippen MR) is 28.3 cm³/mol. The summed E-state index contributed by atoms with van der Waals surface area (Å²) in [6, 6.07) is 0. The molecule has 7 heavy (non-hydrogen) atoms. The van der Waals surface area contributed by atoms with Crippen molar-refractivity contribution in [3.63, 3.8) is 0 Å². The van der Waals surface area contributed by atoms with Crippen molar-refractivity contribution < 1.29 is 4.74 Å². The molecule has 0 spiro atoms. The van der Waals surface area contributed by atoms with Gasteiger partial charge in [0, 0.05) is 12.3 Å². The minimum atomic E-state index is 0.512. The van der Waals surface area contributed by atoms with Gasteiger partial charge in [-0.3, -0.25) is 0 Å². The molecule has 40 valence electrons. The minimum Gasteiger partial charge on any atom is -0.624 e. The Kier molecular flexibility index (Phi) is 1.01. The number of hydrogen-bond acceptors (Lipinski definition) is 1. The van der Waals surface area contributed by atoms with E-state index < -0.39 is 0 Å². The van der Waals surface area contributed by atoms with Crippen LogP contribution < -0.4 is 0 Å². The molecule has 1 atom stereocenters. The molecule has 1 heterocycles. The third-order valence-electron chi connectivity index (χ3n) is 1.23. The molecule has 0 saturated carbocycles. The lowest BCUT2D eigenvalue weighted by Gasteiger charge is -1.90. The molecule has 2 heteroatoms. The predicted octanol–water partition coefficient (Wildman–Crippen LogP) is 0.607. The molecule has 1 aliphatic heterocycles. The highest BCUT2D eigenvalue weighted by Gasteiger charge is 2.11. The summed E-state index contributed by atoms with van der Waals surface area (Å²) < 4.78 is 1.00. The van der Waals surface area contributed by atoms with Gasteiger partial charge in [0.15, 0.2) is 12.8 Å². The van der Waals surface area contributed by atoms with Gasteiger partial charge in [-0.15, -0.1) is 0 Å². The third-order valence-corrected chi connectivity index (χ3v) is 1.23. The van der Waals surface area contributed by atoms with Gasteiger partial charge in [0.25, 0.3) is 0 Å². The Morgan fingerprint density at radius 1 is 1.86 bits per heavy atom. The standard InChI is InChI=1S/C5H9NO/c1-5-2-3-6(7)4-5/h4-5H,2-3H2,1H3/t5-/m0/s1. The number of rotatable bonds is 0. The molecule has 0 aromatic rings. The number of hydroxylamine groups is 1. The summed E-state index contributed by atoms with van der Waals surface area (Å²) in [6.07, 6.45) is 2.75. The van der Waals surface area contributed by atoms with Crippen molar-refractivity contribution in [1.82, 2.24) is 0 Å². The van der Waals surface area contributed by atoms with E-state index in [4.69, 9.17) is 0 Å². The molecular weight excluding hydrogens is 90.1 g/mol. The van der Waals surface area contributed by atoms with Gasteiger partial charge >= 0.3 is 0 Å². The van der Waals surface area contributed by atoms with Crippen LogP contribution in [-0.4, -0.2) is 17.5 Å². The van der Waals surface area contributed by atoms with Crippen molar-refractivity contribution in [3.8, 4) is 0 Å². The SMILES string of the molecule is C[C@@H]1C=[N+]([O-])CC1. The van der Waals surface area contributed by atoms with Crippen molar-refractivity contribution in [2.45, 2.75) is 13.3 Å². The van der Waals surface area contributed by atoms with Crippen molar-refractivity contribution in [2.24, 2.45) is 5.92 Å².